The number of hydrogen-bond acceptors (Lipinski definition) is 4. The van der Waals surface area contributed by atoms with E-state index >= 15 is 0 Å². The molecule has 1 heterocycles. The summed E-state index contributed by atoms with van der Waals surface area (Å²) < 4.78 is 0. The lowest BCUT2D eigenvalue weighted by atomic mass is 10.0. The number of carbonyl (C=O) groups is 3. The van der Waals surface area contributed by atoms with Gasteiger partial charge in [0.15, 0.2) is 5.78 Å². The van der Waals surface area contributed by atoms with Crippen LogP contribution in [-0.2, 0) is 11.2 Å². The van der Waals surface area contributed by atoms with Crippen LogP contribution in [0, 0.1) is 0 Å². The monoisotopic (exact) mass is 619 g/mol. The van der Waals surface area contributed by atoms with Crippen molar-refractivity contribution < 1.29 is 14.4 Å². The number of aromatic nitrogens is 1. The first-order valence-corrected chi connectivity index (χ1v) is 15.9. The number of carbonyl (C=O) groups excluding carboxylic acids is 3. The van der Waals surface area contributed by atoms with Crippen LogP contribution in [0.4, 0.5) is 5.69 Å². The molecule has 0 unspecified atom stereocenters. The number of thioether (sulfide) groups is 1. The topological polar surface area (TPSA) is 91.1 Å². The zero-order valence-corrected chi connectivity index (χ0v) is 25.6. The van der Waals surface area contributed by atoms with Crippen LogP contribution in [0.3, 0.4) is 0 Å². The third-order valence-electron chi connectivity index (χ3n) is 8.05. The van der Waals surface area contributed by atoms with E-state index in [0.29, 0.717) is 22.6 Å². The Morgan fingerprint density at radius 3 is 2.33 bits per heavy atom. The highest BCUT2D eigenvalue weighted by Crippen LogP contribution is 2.37. The van der Waals surface area contributed by atoms with E-state index in [4.69, 9.17) is 0 Å². The SMILES string of the molecule is O=C(Nc1ccc(SCC(=O)c2ccc3c(c2)-c2ccccc2C3)cc1)/C(=C\c1c[nH]c2ccccc12)NC(=O)c1ccccc1. The van der Waals surface area contributed by atoms with Crippen molar-refractivity contribution in [2.24, 2.45) is 0 Å². The van der Waals surface area contributed by atoms with E-state index in [0.717, 1.165) is 33.3 Å². The van der Waals surface area contributed by atoms with Gasteiger partial charge in [0.1, 0.15) is 5.70 Å². The largest absolute Gasteiger partial charge is 0.361 e. The van der Waals surface area contributed by atoms with Crippen LogP contribution in [0.5, 0.6) is 0 Å². The molecular weight excluding hydrogens is 591 g/mol. The Morgan fingerprint density at radius 1 is 0.739 bits per heavy atom. The smallest absolute Gasteiger partial charge is 0.272 e. The molecule has 0 saturated heterocycles. The van der Waals surface area contributed by atoms with Gasteiger partial charge in [-0.3, -0.25) is 14.4 Å². The van der Waals surface area contributed by atoms with Crippen molar-refractivity contribution in [2.75, 3.05) is 11.1 Å². The fourth-order valence-corrected chi connectivity index (χ4v) is 6.47. The lowest BCUT2D eigenvalue weighted by Crippen LogP contribution is -2.30. The fourth-order valence-electron chi connectivity index (χ4n) is 5.67. The standard InChI is InChI=1S/C39H29N3O3S/c43-37(28-15-14-27-20-26-10-4-5-11-32(26)34(27)21-28)24-46-31-18-16-30(17-19-31)41-39(45)36(42-38(44)25-8-2-1-3-9-25)22-29-23-40-35-13-7-6-12-33(29)35/h1-19,21-23,40H,20,24H2,(H,41,45)(H,42,44)/b36-22+. The summed E-state index contributed by atoms with van der Waals surface area (Å²) in [5, 5.41) is 6.63. The maximum atomic E-state index is 13.5. The molecule has 7 heteroatoms. The summed E-state index contributed by atoms with van der Waals surface area (Å²) in [6.07, 6.45) is 4.38. The summed E-state index contributed by atoms with van der Waals surface area (Å²) in [7, 11) is 0. The highest BCUT2D eigenvalue weighted by atomic mass is 32.2. The highest BCUT2D eigenvalue weighted by Gasteiger charge is 2.20. The van der Waals surface area contributed by atoms with Gasteiger partial charge in [0.2, 0.25) is 0 Å². The van der Waals surface area contributed by atoms with E-state index in [9.17, 15) is 14.4 Å². The molecule has 5 aromatic carbocycles. The molecule has 6 aromatic rings. The first-order valence-electron chi connectivity index (χ1n) is 14.9. The zero-order valence-electron chi connectivity index (χ0n) is 24.7. The zero-order chi connectivity index (χ0) is 31.5. The molecule has 0 atom stereocenters. The van der Waals surface area contributed by atoms with Gasteiger partial charge in [0, 0.05) is 44.4 Å². The van der Waals surface area contributed by atoms with Gasteiger partial charge in [-0.05, 0) is 83.3 Å². The molecule has 2 amide bonds. The second-order valence-corrected chi connectivity index (χ2v) is 12.1. The normalized spacial score (nSPS) is 12.0. The third kappa shape index (κ3) is 6.14. The first kappa shape index (κ1) is 29.1. The summed E-state index contributed by atoms with van der Waals surface area (Å²) in [6.45, 7) is 0. The maximum absolute atomic E-state index is 13.5. The van der Waals surface area contributed by atoms with Crippen molar-refractivity contribution in [1.29, 1.82) is 0 Å². The molecule has 3 N–H and O–H groups in total. The molecule has 46 heavy (non-hydrogen) atoms. The number of fused-ring (bicyclic) bond motifs is 4. The summed E-state index contributed by atoms with van der Waals surface area (Å²) >= 11 is 1.45. The van der Waals surface area contributed by atoms with Gasteiger partial charge in [0.05, 0.1) is 5.75 Å². The Kier molecular flexibility index (Phi) is 8.06. The second-order valence-electron chi connectivity index (χ2n) is 11.1. The number of amides is 2. The van der Waals surface area contributed by atoms with Gasteiger partial charge in [0.25, 0.3) is 11.8 Å². The third-order valence-corrected chi connectivity index (χ3v) is 9.06. The van der Waals surface area contributed by atoms with Gasteiger partial charge in [-0.1, -0.05) is 72.8 Å². The number of Topliss-reactive ketones (excluding diaryl/α,β-unsaturated/α-hetero) is 1. The van der Waals surface area contributed by atoms with Crippen LogP contribution >= 0.6 is 11.8 Å². The molecule has 0 bridgehead atoms. The van der Waals surface area contributed by atoms with E-state index in [-0.39, 0.29) is 17.4 Å². The average molecular weight is 620 g/mol. The van der Waals surface area contributed by atoms with Crippen LogP contribution < -0.4 is 10.6 Å². The van der Waals surface area contributed by atoms with E-state index in [2.05, 4.69) is 39.9 Å². The van der Waals surface area contributed by atoms with Gasteiger partial charge in [-0.2, -0.15) is 0 Å². The molecule has 0 aliphatic heterocycles. The van der Waals surface area contributed by atoms with Crippen LogP contribution in [0.25, 0.3) is 28.1 Å². The van der Waals surface area contributed by atoms with Gasteiger partial charge >= 0.3 is 0 Å². The minimum atomic E-state index is -0.455. The number of rotatable bonds is 9. The van der Waals surface area contributed by atoms with E-state index in [1.807, 2.05) is 66.9 Å². The molecule has 6 nitrogen and oxygen atoms in total. The van der Waals surface area contributed by atoms with Crippen molar-refractivity contribution in [1.82, 2.24) is 10.3 Å². The Labute approximate surface area is 270 Å². The molecule has 1 aliphatic carbocycles. The quantitative estimate of drug-likeness (QED) is 0.0865. The van der Waals surface area contributed by atoms with Crippen molar-refractivity contribution in [3.63, 3.8) is 0 Å². The molecule has 0 fully saturated rings. The molecular formula is C39H29N3O3S. The minimum Gasteiger partial charge on any atom is -0.361 e. The van der Waals surface area contributed by atoms with Crippen LogP contribution in [0.2, 0.25) is 0 Å². The Hall–Kier alpha value is -5.66. The second kappa shape index (κ2) is 12.8. The first-order chi connectivity index (χ1) is 22.5. The summed E-state index contributed by atoms with van der Waals surface area (Å²) in [5.74, 6) is -0.472. The van der Waals surface area contributed by atoms with Crippen molar-refractivity contribution >= 4 is 52.0 Å². The Bertz CT molecular complexity index is 2130. The lowest BCUT2D eigenvalue weighted by Gasteiger charge is -2.12. The molecule has 1 aromatic heterocycles. The van der Waals surface area contributed by atoms with E-state index in [1.165, 1.54) is 28.5 Å². The van der Waals surface area contributed by atoms with Gasteiger partial charge < -0.3 is 15.6 Å². The lowest BCUT2D eigenvalue weighted by molar-refractivity contribution is -0.113. The van der Waals surface area contributed by atoms with Crippen LogP contribution in [0.1, 0.15) is 37.4 Å². The predicted octanol–water partition coefficient (Wildman–Crippen LogP) is 8.12. The van der Waals surface area contributed by atoms with Gasteiger partial charge in [-0.15, -0.1) is 11.8 Å². The van der Waals surface area contributed by atoms with E-state index < -0.39 is 5.91 Å². The van der Waals surface area contributed by atoms with Crippen molar-refractivity contribution in [3.8, 4) is 11.1 Å². The maximum Gasteiger partial charge on any atom is 0.272 e. The predicted molar refractivity (Wildman–Crippen MR) is 185 cm³/mol. The van der Waals surface area contributed by atoms with Gasteiger partial charge in [-0.25, -0.2) is 0 Å². The molecule has 0 saturated carbocycles. The number of anilines is 1. The number of para-hydroxylation sites is 1. The van der Waals surface area contributed by atoms with Crippen molar-refractivity contribution in [2.45, 2.75) is 11.3 Å². The Morgan fingerprint density at radius 2 is 1.48 bits per heavy atom. The molecule has 224 valence electrons. The number of nitrogens with one attached hydrogen (secondary N) is 3. The molecule has 1 aliphatic rings. The minimum absolute atomic E-state index is 0.0655. The summed E-state index contributed by atoms with van der Waals surface area (Å²) in [5.41, 5.74) is 8.43. The Balaban J connectivity index is 1.03. The van der Waals surface area contributed by atoms with Crippen LogP contribution in [-0.4, -0.2) is 28.3 Å². The van der Waals surface area contributed by atoms with E-state index in [1.54, 1.807) is 42.5 Å². The highest BCUT2D eigenvalue weighted by molar-refractivity contribution is 8.00. The molecule has 0 radical (unpaired) electrons. The number of hydrogen-bond donors (Lipinski definition) is 3. The number of H-pyrrole nitrogens is 1. The molecule has 7 rings (SSSR count). The average Bonchev–Trinajstić information content (AvgIpc) is 3.68. The summed E-state index contributed by atoms with van der Waals surface area (Å²) in [4.78, 5) is 43.7. The number of ketones is 1. The number of benzene rings is 5. The summed E-state index contributed by atoms with van der Waals surface area (Å²) in [6, 6.07) is 38.2. The number of aromatic amines is 1. The van der Waals surface area contributed by atoms with Crippen LogP contribution in [0.15, 0.2) is 138 Å². The van der Waals surface area contributed by atoms with Crippen molar-refractivity contribution in [3.05, 3.63) is 161 Å². The molecule has 0 spiro atoms. The fraction of sp³-hybridized carbons (Fsp3) is 0.0513.